The van der Waals surface area contributed by atoms with Crippen molar-refractivity contribution in [3.8, 4) is 0 Å². The van der Waals surface area contributed by atoms with Crippen molar-refractivity contribution < 1.29 is 9.90 Å². The molecule has 0 radical (unpaired) electrons. The van der Waals surface area contributed by atoms with Gasteiger partial charge in [-0.15, -0.1) is 5.10 Å². The van der Waals surface area contributed by atoms with Gasteiger partial charge in [-0.3, -0.25) is 9.78 Å². The van der Waals surface area contributed by atoms with Crippen LogP contribution in [0.4, 0.5) is 0 Å². The molecule has 1 aromatic carbocycles. The Kier molecular flexibility index (Phi) is 4.88. The van der Waals surface area contributed by atoms with Gasteiger partial charge in [-0.1, -0.05) is 30.3 Å². The van der Waals surface area contributed by atoms with Crippen LogP contribution >= 0.6 is 11.3 Å². The topological polar surface area (TPSA) is 102 Å². The smallest absolute Gasteiger partial charge is 0.341 e. The molecule has 3 N–H and O–H groups in total. The van der Waals surface area contributed by atoms with E-state index >= 15 is 0 Å². The molecule has 2 aromatic heterocycles. The maximum atomic E-state index is 12.6. The van der Waals surface area contributed by atoms with Crippen molar-refractivity contribution in [1.29, 1.82) is 0 Å². The Bertz CT molecular complexity index is 842. The highest BCUT2D eigenvalue weighted by Crippen LogP contribution is 2.19. The van der Waals surface area contributed by atoms with Gasteiger partial charge >= 0.3 is 5.69 Å². The standard InChI is InChI=1S/C16H16N4O3S/c21-13(12-6-7-24-10-12)9-20(8-11-4-2-1-3-5-11)15(22)14-17-16(23)19-18-14/h1-7,10,13,21H,8-9H2,(H2,17,18,19,23). The molecule has 1 atom stereocenters. The summed E-state index contributed by atoms with van der Waals surface area (Å²) in [5, 5.41) is 19.9. The number of rotatable bonds is 6. The highest BCUT2D eigenvalue weighted by atomic mass is 32.1. The van der Waals surface area contributed by atoms with Gasteiger partial charge in [0.15, 0.2) is 0 Å². The molecule has 1 unspecified atom stereocenters. The summed E-state index contributed by atoms with van der Waals surface area (Å²) in [5.41, 5.74) is 1.12. The van der Waals surface area contributed by atoms with Crippen LogP contribution in [0.1, 0.15) is 27.8 Å². The number of thiophene rings is 1. The number of carbonyl (C=O) groups excluding carboxylic acids is 1. The third-order valence-corrected chi connectivity index (χ3v) is 4.23. The Labute approximate surface area is 141 Å². The molecule has 1 amide bonds. The number of aliphatic hydroxyl groups is 1. The lowest BCUT2D eigenvalue weighted by Gasteiger charge is -2.24. The first-order valence-corrected chi connectivity index (χ1v) is 8.26. The van der Waals surface area contributed by atoms with Gasteiger partial charge in [0, 0.05) is 6.54 Å². The average Bonchev–Trinajstić information content (AvgIpc) is 3.26. The summed E-state index contributed by atoms with van der Waals surface area (Å²) in [7, 11) is 0. The molecule has 0 fully saturated rings. The normalized spacial score (nSPS) is 12.0. The van der Waals surface area contributed by atoms with E-state index in [1.54, 1.807) is 0 Å². The Hall–Kier alpha value is -2.71. The van der Waals surface area contributed by atoms with Gasteiger partial charge in [0.1, 0.15) is 0 Å². The van der Waals surface area contributed by atoms with Crippen LogP contribution in [0.5, 0.6) is 0 Å². The van der Waals surface area contributed by atoms with E-state index in [1.807, 2.05) is 47.2 Å². The van der Waals surface area contributed by atoms with Gasteiger partial charge in [-0.05, 0) is 28.0 Å². The van der Waals surface area contributed by atoms with E-state index in [9.17, 15) is 14.7 Å². The van der Waals surface area contributed by atoms with Crippen LogP contribution in [0.3, 0.4) is 0 Å². The minimum absolute atomic E-state index is 0.0755. The molecule has 2 heterocycles. The molecule has 0 saturated carbocycles. The molecule has 0 saturated heterocycles. The van der Waals surface area contributed by atoms with Crippen molar-refractivity contribution in [3.63, 3.8) is 0 Å². The van der Waals surface area contributed by atoms with Gasteiger partial charge in [0.05, 0.1) is 12.6 Å². The lowest BCUT2D eigenvalue weighted by Crippen LogP contribution is -2.35. The third kappa shape index (κ3) is 3.79. The number of nitrogens with zero attached hydrogens (tertiary/aromatic N) is 2. The zero-order chi connectivity index (χ0) is 16.9. The van der Waals surface area contributed by atoms with Crippen molar-refractivity contribution >= 4 is 17.2 Å². The van der Waals surface area contributed by atoms with Gasteiger partial charge in [-0.25, -0.2) is 9.89 Å². The average molecular weight is 344 g/mol. The summed E-state index contributed by atoms with van der Waals surface area (Å²) in [5.74, 6) is -0.528. The Morgan fingerprint density at radius 1 is 1.29 bits per heavy atom. The maximum absolute atomic E-state index is 12.6. The second-order valence-corrected chi connectivity index (χ2v) is 6.05. The Balaban J connectivity index is 1.82. The molecule has 8 heteroatoms. The Morgan fingerprint density at radius 3 is 2.71 bits per heavy atom. The van der Waals surface area contributed by atoms with Crippen LogP contribution in [0, 0.1) is 0 Å². The van der Waals surface area contributed by atoms with Crippen LogP contribution in [-0.2, 0) is 6.54 Å². The van der Waals surface area contributed by atoms with E-state index in [0.717, 1.165) is 11.1 Å². The predicted molar refractivity (Wildman–Crippen MR) is 89.7 cm³/mol. The number of carbonyl (C=O) groups is 1. The second-order valence-electron chi connectivity index (χ2n) is 5.27. The fourth-order valence-electron chi connectivity index (χ4n) is 2.32. The summed E-state index contributed by atoms with van der Waals surface area (Å²) in [4.78, 5) is 27.6. The largest absolute Gasteiger partial charge is 0.387 e. The number of hydrogen-bond donors (Lipinski definition) is 3. The van der Waals surface area contributed by atoms with Gasteiger partial charge in [0.25, 0.3) is 5.91 Å². The van der Waals surface area contributed by atoms with Crippen molar-refractivity contribution in [2.75, 3.05) is 6.54 Å². The summed E-state index contributed by atoms with van der Waals surface area (Å²) in [6.07, 6.45) is -0.811. The quantitative estimate of drug-likeness (QED) is 0.631. The zero-order valence-corrected chi connectivity index (χ0v) is 13.5. The summed E-state index contributed by atoms with van der Waals surface area (Å²) in [6.45, 7) is 0.398. The molecule has 124 valence electrons. The third-order valence-electron chi connectivity index (χ3n) is 3.53. The molecule has 0 aliphatic carbocycles. The Morgan fingerprint density at radius 2 is 2.08 bits per heavy atom. The number of amides is 1. The minimum atomic E-state index is -0.811. The van der Waals surface area contributed by atoms with Crippen molar-refractivity contribution in [3.05, 3.63) is 74.6 Å². The van der Waals surface area contributed by atoms with E-state index in [-0.39, 0.29) is 12.4 Å². The molecular weight excluding hydrogens is 328 g/mol. The molecule has 0 aliphatic rings. The molecule has 0 aliphatic heterocycles. The van der Waals surface area contributed by atoms with Crippen LogP contribution in [0.2, 0.25) is 0 Å². The predicted octanol–water partition coefficient (Wildman–Crippen LogP) is 1.54. The molecule has 3 aromatic rings. The van der Waals surface area contributed by atoms with Crippen molar-refractivity contribution in [2.24, 2.45) is 0 Å². The van der Waals surface area contributed by atoms with Crippen molar-refractivity contribution in [1.82, 2.24) is 20.1 Å². The lowest BCUT2D eigenvalue weighted by atomic mass is 10.1. The maximum Gasteiger partial charge on any atom is 0.341 e. The van der Waals surface area contributed by atoms with E-state index in [1.165, 1.54) is 16.2 Å². The molecule has 0 spiro atoms. The molecule has 3 rings (SSSR count). The molecule has 7 nitrogen and oxygen atoms in total. The number of hydrogen-bond acceptors (Lipinski definition) is 5. The van der Waals surface area contributed by atoms with E-state index < -0.39 is 17.7 Å². The van der Waals surface area contributed by atoms with Crippen LogP contribution in [-0.4, -0.2) is 37.6 Å². The summed E-state index contributed by atoms with van der Waals surface area (Å²) in [6, 6.07) is 11.3. The first kappa shape index (κ1) is 16.2. The number of nitrogens with one attached hydrogen (secondary N) is 2. The van der Waals surface area contributed by atoms with Gasteiger partial charge in [-0.2, -0.15) is 11.3 Å². The lowest BCUT2D eigenvalue weighted by molar-refractivity contribution is 0.0593. The van der Waals surface area contributed by atoms with E-state index in [4.69, 9.17) is 0 Å². The molecule has 24 heavy (non-hydrogen) atoms. The number of aromatic amines is 2. The van der Waals surface area contributed by atoms with E-state index in [0.29, 0.717) is 6.54 Å². The molecule has 0 bridgehead atoms. The number of aliphatic hydroxyl groups excluding tert-OH is 1. The van der Waals surface area contributed by atoms with Crippen molar-refractivity contribution in [2.45, 2.75) is 12.6 Å². The second kappa shape index (κ2) is 7.24. The number of H-pyrrole nitrogens is 2. The van der Waals surface area contributed by atoms with Gasteiger partial charge < -0.3 is 10.0 Å². The fraction of sp³-hybridized carbons (Fsp3) is 0.188. The summed E-state index contributed by atoms with van der Waals surface area (Å²) < 4.78 is 0. The molecular formula is C16H16N4O3S. The first-order chi connectivity index (χ1) is 11.6. The van der Waals surface area contributed by atoms with Crippen LogP contribution in [0.25, 0.3) is 0 Å². The number of aromatic nitrogens is 3. The SMILES string of the molecule is O=C(c1n[nH]c(=O)[nH]1)N(Cc1ccccc1)CC(O)c1ccsc1. The summed E-state index contributed by atoms with van der Waals surface area (Å²) >= 11 is 1.48. The fourth-order valence-corrected chi connectivity index (χ4v) is 3.03. The first-order valence-electron chi connectivity index (χ1n) is 7.31. The van der Waals surface area contributed by atoms with Crippen LogP contribution in [0.15, 0.2) is 52.0 Å². The number of benzene rings is 1. The van der Waals surface area contributed by atoms with Crippen LogP contribution < -0.4 is 5.69 Å². The zero-order valence-electron chi connectivity index (χ0n) is 12.7. The van der Waals surface area contributed by atoms with E-state index in [2.05, 4.69) is 15.2 Å². The monoisotopic (exact) mass is 344 g/mol. The highest BCUT2D eigenvalue weighted by Gasteiger charge is 2.23. The minimum Gasteiger partial charge on any atom is -0.387 e. The van der Waals surface area contributed by atoms with Gasteiger partial charge in [0.2, 0.25) is 5.82 Å². The highest BCUT2D eigenvalue weighted by molar-refractivity contribution is 7.07.